The van der Waals surface area contributed by atoms with Crippen molar-refractivity contribution in [3.8, 4) is 5.88 Å². The summed E-state index contributed by atoms with van der Waals surface area (Å²) in [6, 6.07) is 0.508. The summed E-state index contributed by atoms with van der Waals surface area (Å²) in [5.74, 6) is 0.151. The summed E-state index contributed by atoms with van der Waals surface area (Å²) in [6.45, 7) is 0.883. The average Bonchev–Trinajstić information content (AvgIpc) is 3.44. The summed E-state index contributed by atoms with van der Waals surface area (Å²) >= 11 is 0. The number of alkyl halides is 3. The lowest BCUT2D eigenvalue weighted by Gasteiger charge is -2.29. The number of aliphatic hydroxyl groups is 1. The first-order valence-corrected chi connectivity index (χ1v) is 12.1. The number of nitrogens with zero attached hydrogens (tertiary/aromatic N) is 3. The van der Waals surface area contributed by atoms with Crippen molar-refractivity contribution in [2.75, 3.05) is 11.9 Å². The van der Waals surface area contributed by atoms with Crippen LogP contribution in [-0.2, 0) is 41.3 Å². The Morgan fingerprint density at radius 1 is 1.30 bits per heavy atom. The maximum absolute atomic E-state index is 13.8. The number of carbonyl (C=O) groups is 1. The summed E-state index contributed by atoms with van der Waals surface area (Å²) in [7, 11) is -3.79. The van der Waals surface area contributed by atoms with E-state index in [9.17, 15) is 27.3 Å². The van der Waals surface area contributed by atoms with E-state index in [2.05, 4.69) is 14.8 Å². The van der Waals surface area contributed by atoms with Gasteiger partial charge in [-0.2, -0.15) is 18.3 Å². The largest absolute Gasteiger partial charge is 0.477 e. The van der Waals surface area contributed by atoms with Crippen LogP contribution in [-0.4, -0.2) is 37.9 Å². The van der Waals surface area contributed by atoms with Crippen LogP contribution in [0, 0.1) is 0 Å². The van der Waals surface area contributed by atoms with E-state index in [1.165, 1.54) is 10.9 Å². The molecular weight excluding hydrogens is 463 g/mol. The first-order chi connectivity index (χ1) is 15.5. The Hall–Kier alpha value is -2.64. The number of hydrogen-bond acceptors (Lipinski definition) is 5. The van der Waals surface area contributed by atoms with Gasteiger partial charge in [0.05, 0.1) is 18.5 Å². The summed E-state index contributed by atoms with van der Waals surface area (Å²) in [5, 5.41) is 22.9. The van der Waals surface area contributed by atoms with Crippen LogP contribution in [0.4, 0.5) is 23.7 Å². The zero-order valence-electron chi connectivity index (χ0n) is 17.4. The summed E-state index contributed by atoms with van der Waals surface area (Å²) in [4.78, 5) is 12.7. The molecule has 0 bridgehead atoms. The average molecular weight is 485 g/mol. The molecule has 2 heterocycles. The Bertz CT molecular complexity index is 1280. The molecule has 1 aromatic carbocycles. The van der Waals surface area contributed by atoms with E-state index in [1.807, 2.05) is 0 Å². The normalized spacial score (nSPS) is 23.2. The summed E-state index contributed by atoms with van der Waals surface area (Å²) in [6.07, 6.45) is -1.75. The first kappa shape index (κ1) is 22.2. The molecule has 13 heteroatoms. The predicted molar refractivity (Wildman–Crippen MR) is 111 cm³/mol. The molecule has 5 rings (SSSR count). The van der Waals surface area contributed by atoms with E-state index in [1.54, 1.807) is 6.07 Å². The second-order valence-electron chi connectivity index (χ2n) is 8.46. The van der Waals surface area contributed by atoms with Crippen molar-refractivity contribution < 1.29 is 32.0 Å². The van der Waals surface area contributed by atoms with Crippen molar-refractivity contribution in [2.24, 2.45) is 9.50 Å². The van der Waals surface area contributed by atoms with Gasteiger partial charge in [-0.3, -0.25) is 0 Å². The topological polar surface area (TPSA) is 132 Å². The van der Waals surface area contributed by atoms with Crippen LogP contribution in [0.3, 0.4) is 0 Å². The van der Waals surface area contributed by atoms with Crippen LogP contribution < -0.4 is 15.2 Å². The highest BCUT2D eigenvalue weighted by Gasteiger charge is 2.59. The van der Waals surface area contributed by atoms with Gasteiger partial charge in [0, 0.05) is 18.5 Å². The molecule has 0 saturated carbocycles. The fourth-order valence-electron chi connectivity index (χ4n) is 4.89. The van der Waals surface area contributed by atoms with E-state index in [-0.39, 0.29) is 28.4 Å². The second kappa shape index (κ2) is 7.43. The lowest BCUT2D eigenvalue weighted by Crippen LogP contribution is -2.41. The molecule has 9 nitrogen and oxygen atoms in total. The van der Waals surface area contributed by atoms with Crippen LogP contribution in [0.1, 0.15) is 41.5 Å². The number of rotatable bonds is 2. The van der Waals surface area contributed by atoms with Crippen molar-refractivity contribution in [3.63, 3.8) is 0 Å². The minimum atomic E-state index is -4.93. The number of carbonyl (C=O) groups excluding carboxylic acids is 1. The van der Waals surface area contributed by atoms with Gasteiger partial charge in [0.15, 0.2) is 15.5 Å². The highest BCUT2D eigenvalue weighted by Crippen LogP contribution is 2.53. The summed E-state index contributed by atoms with van der Waals surface area (Å²) < 4.78 is 65.1. The molecule has 4 N–H and O–H groups in total. The van der Waals surface area contributed by atoms with Crippen LogP contribution in [0.5, 0.6) is 5.88 Å². The van der Waals surface area contributed by atoms with Gasteiger partial charge in [0.1, 0.15) is 4.90 Å². The van der Waals surface area contributed by atoms with Crippen molar-refractivity contribution in [1.29, 1.82) is 0 Å². The number of urea groups is 1. The van der Waals surface area contributed by atoms with Gasteiger partial charge in [-0.25, -0.2) is 18.8 Å². The third-order valence-corrected chi connectivity index (χ3v) is 7.75. The number of ether oxygens (including phenoxy) is 1. The lowest BCUT2D eigenvalue weighted by molar-refractivity contribution is -0.265. The van der Waals surface area contributed by atoms with E-state index in [0.29, 0.717) is 50.0 Å². The van der Waals surface area contributed by atoms with E-state index < -0.39 is 34.1 Å². The predicted octanol–water partition coefficient (Wildman–Crippen LogP) is 2.78. The molecule has 1 aliphatic heterocycles. The fraction of sp³-hybridized carbons (Fsp3) is 0.500. The maximum Gasteiger partial charge on any atom is 0.421 e. The van der Waals surface area contributed by atoms with Gasteiger partial charge < -0.3 is 15.2 Å². The molecule has 0 fully saturated rings. The van der Waals surface area contributed by atoms with Gasteiger partial charge in [-0.15, -0.1) is 4.36 Å². The van der Waals surface area contributed by atoms with Crippen LogP contribution in [0.25, 0.3) is 0 Å². The number of hydrogen-bond donors (Lipinski definition) is 3. The number of halogens is 3. The standard InChI is InChI=1S/C20H22F3N5O4S/c21-20(22,23)19(30)6-5-12-9-11-3-1-4-13(11)16(15(12)19)26-18(29)27-33(24,31)14-10-25-28-7-2-8-32-17(14)28/h9-10,30H,1-8H2,(H3,24,26,27,29,31)/t19-,33-/m0/s1. The maximum atomic E-state index is 13.8. The number of aryl methyl sites for hydroxylation is 3. The minimum absolute atomic E-state index is 0.0200. The molecule has 2 aromatic rings. The smallest absolute Gasteiger partial charge is 0.421 e. The highest BCUT2D eigenvalue weighted by molar-refractivity contribution is 7.91. The van der Waals surface area contributed by atoms with E-state index in [4.69, 9.17) is 9.88 Å². The second-order valence-corrected chi connectivity index (χ2v) is 10.2. The number of benzene rings is 1. The Balaban J connectivity index is 1.56. The third-order valence-electron chi connectivity index (χ3n) is 6.40. The lowest BCUT2D eigenvalue weighted by atomic mass is 9.90. The molecule has 2 atom stereocenters. The van der Waals surface area contributed by atoms with Crippen molar-refractivity contribution in [2.45, 2.75) is 61.7 Å². The number of nitrogens with two attached hydrogens (primary N) is 1. The number of amides is 2. The number of anilines is 1. The molecule has 1 aromatic heterocycles. The monoisotopic (exact) mass is 485 g/mol. The van der Waals surface area contributed by atoms with Crippen molar-refractivity contribution >= 4 is 21.6 Å². The molecule has 0 saturated heterocycles. The third kappa shape index (κ3) is 3.49. The molecule has 0 unspecified atom stereocenters. The highest BCUT2D eigenvalue weighted by atomic mass is 32.2. The fourth-order valence-corrected chi connectivity index (χ4v) is 5.89. The summed E-state index contributed by atoms with van der Waals surface area (Å²) in [5.41, 5.74) is -1.90. The molecule has 178 valence electrons. The van der Waals surface area contributed by atoms with Crippen LogP contribution >= 0.6 is 0 Å². The molecule has 0 spiro atoms. The quantitative estimate of drug-likeness (QED) is 0.602. The van der Waals surface area contributed by atoms with Gasteiger partial charge in [-0.05, 0) is 48.8 Å². The van der Waals surface area contributed by atoms with Gasteiger partial charge in [-0.1, -0.05) is 6.07 Å². The van der Waals surface area contributed by atoms with Gasteiger partial charge in [0.25, 0.3) is 0 Å². The number of aromatic nitrogens is 2. The Labute approximate surface area is 187 Å². The molecule has 3 aliphatic rings. The van der Waals surface area contributed by atoms with E-state index >= 15 is 0 Å². The van der Waals surface area contributed by atoms with Crippen LogP contribution in [0.2, 0.25) is 0 Å². The zero-order chi connectivity index (χ0) is 23.6. The SMILES string of the molecule is N[S@](=O)(=NC(=O)Nc1c2c(cc3c1[C@](O)(C(F)(F)F)CC3)CCC2)c1cnn2c1OCCC2. The molecule has 2 aliphatic carbocycles. The molecular formula is C20H22F3N5O4S. The number of fused-ring (bicyclic) bond motifs is 3. The first-order valence-electron chi connectivity index (χ1n) is 10.5. The molecule has 2 amide bonds. The zero-order valence-corrected chi connectivity index (χ0v) is 18.3. The van der Waals surface area contributed by atoms with Crippen LogP contribution in [0.15, 0.2) is 21.5 Å². The Morgan fingerprint density at radius 2 is 2.09 bits per heavy atom. The van der Waals surface area contributed by atoms with Crippen molar-refractivity contribution in [1.82, 2.24) is 9.78 Å². The Kier molecular flexibility index (Phi) is 4.99. The van der Waals surface area contributed by atoms with Gasteiger partial charge >= 0.3 is 12.2 Å². The minimum Gasteiger partial charge on any atom is -0.477 e. The van der Waals surface area contributed by atoms with Crippen molar-refractivity contribution in [3.05, 3.63) is 34.5 Å². The Morgan fingerprint density at radius 3 is 2.85 bits per heavy atom. The van der Waals surface area contributed by atoms with E-state index in [0.717, 1.165) is 5.56 Å². The van der Waals surface area contributed by atoms with Gasteiger partial charge in [0.2, 0.25) is 5.88 Å². The molecule has 0 radical (unpaired) electrons. The molecule has 33 heavy (non-hydrogen) atoms. The number of nitrogens with one attached hydrogen (secondary N) is 1.